The lowest BCUT2D eigenvalue weighted by molar-refractivity contribution is 0.306. The summed E-state index contributed by atoms with van der Waals surface area (Å²) in [5.41, 5.74) is 1.26. The number of halogens is 1. The summed E-state index contributed by atoms with van der Waals surface area (Å²) in [4.78, 5) is 1.26. The van der Waals surface area contributed by atoms with E-state index in [9.17, 15) is 0 Å². The summed E-state index contributed by atoms with van der Waals surface area (Å²) in [6, 6.07) is 12.3. The van der Waals surface area contributed by atoms with Gasteiger partial charge in [-0.3, -0.25) is 0 Å². The minimum Gasteiger partial charge on any atom is -0.494 e. The Bertz CT molecular complexity index is 524. The number of benzene rings is 1. The van der Waals surface area contributed by atoms with Gasteiger partial charge in [0.05, 0.1) is 10.9 Å². The van der Waals surface area contributed by atoms with Crippen LogP contribution in [0, 0.1) is 0 Å². The molecule has 2 rings (SSSR count). The quantitative estimate of drug-likeness (QED) is 0.635. The van der Waals surface area contributed by atoms with Gasteiger partial charge in [0.25, 0.3) is 0 Å². The van der Waals surface area contributed by atoms with Gasteiger partial charge in [-0.2, -0.15) is 0 Å². The van der Waals surface area contributed by atoms with E-state index in [0.717, 1.165) is 36.2 Å². The Kier molecular flexibility index (Phi) is 7.07. The molecule has 0 saturated heterocycles. The average molecular weight is 324 g/mol. The first-order valence-corrected chi connectivity index (χ1v) is 8.64. The Morgan fingerprint density at radius 1 is 1.05 bits per heavy atom. The van der Waals surface area contributed by atoms with E-state index in [4.69, 9.17) is 16.3 Å². The zero-order valence-electron chi connectivity index (χ0n) is 12.4. The zero-order valence-corrected chi connectivity index (χ0v) is 14.0. The monoisotopic (exact) mass is 323 g/mol. The second-order valence-corrected chi connectivity index (χ2v) is 6.81. The standard InChI is InChI=1S/C17H22ClNOS/c1-2-3-4-11-20-15-7-5-14(6-8-15)12-19-13-16-9-10-17(18)21-16/h5-10,19H,2-4,11-13H2,1H3. The number of hydrogen-bond donors (Lipinski definition) is 1. The van der Waals surface area contributed by atoms with E-state index in [1.807, 2.05) is 18.2 Å². The molecule has 0 bridgehead atoms. The van der Waals surface area contributed by atoms with Crippen LogP contribution in [0.25, 0.3) is 0 Å². The Morgan fingerprint density at radius 2 is 1.86 bits per heavy atom. The molecular formula is C17H22ClNOS. The molecule has 0 atom stereocenters. The van der Waals surface area contributed by atoms with Gasteiger partial charge in [0.1, 0.15) is 5.75 Å². The molecule has 0 aliphatic rings. The average Bonchev–Trinajstić information content (AvgIpc) is 2.91. The van der Waals surface area contributed by atoms with Crippen molar-refractivity contribution in [3.8, 4) is 5.75 Å². The van der Waals surface area contributed by atoms with Gasteiger partial charge < -0.3 is 10.1 Å². The molecular weight excluding hydrogens is 302 g/mol. The second-order valence-electron chi connectivity index (χ2n) is 5.01. The molecule has 4 heteroatoms. The summed E-state index contributed by atoms with van der Waals surface area (Å²) in [6.07, 6.45) is 3.58. The maximum Gasteiger partial charge on any atom is 0.119 e. The highest BCUT2D eigenvalue weighted by atomic mass is 35.5. The molecule has 0 aliphatic heterocycles. The van der Waals surface area contributed by atoms with Crippen molar-refractivity contribution in [2.45, 2.75) is 39.3 Å². The number of unbranched alkanes of at least 4 members (excludes halogenated alkanes) is 2. The van der Waals surface area contributed by atoms with E-state index >= 15 is 0 Å². The summed E-state index contributed by atoms with van der Waals surface area (Å²) < 4.78 is 6.55. The molecule has 2 nitrogen and oxygen atoms in total. The SMILES string of the molecule is CCCCCOc1ccc(CNCc2ccc(Cl)s2)cc1. The number of rotatable bonds is 9. The number of nitrogens with one attached hydrogen (secondary N) is 1. The maximum atomic E-state index is 5.91. The van der Waals surface area contributed by atoms with Gasteiger partial charge in [-0.1, -0.05) is 43.5 Å². The molecule has 0 unspecified atom stereocenters. The lowest BCUT2D eigenvalue weighted by Crippen LogP contribution is -2.11. The van der Waals surface area contributed by atoms with E-state index in [1.165, 1.54) is 23.3 Å². The maximum absolute atomic E-state index is 5.91. The minimum atomic E-state index is 0.810. The van der Waals surface area contributed by atoms with E-state index < -0.39 is 0 Å². The summed E-state index contributed by atoms with van der Waals surface area (Å²) in [5.74, 6) is 0.958. The minimum absolute atomic E-state index is 0.810. The summed E-state index contributed by atoms with van der Waals surface area (Å²) in [5, 5.41) is 3.42. The van der Waals surface area contributed by atoms with Gasteiger partial charge in [-0.05, 0) is 36.2 Å². The molecule has 1 aromatic heterocycles. The van der Waals surface area contributed by atoms with Crippen molar-refractivity contribution in [2.75, 3.05) is 6.61 Å². The first-order valence-electron chi connectivity index (χ1n) is 7.44. The van der Waals surface area contributed by atoms with Crippen LogP contribution < -0.4 is 10.1 Å². The fraction of sp³-hybridized carbons (Fsp3) is 0.412. The van der Waals surface area contributed by atoms with Crippen LogP contribution in [-0.2, 0) is 13.1 Å². The van der Waals surface area contributed by atoms with E-state index in [2.05, 4.69) is 30.4 Å². The van der Waals surface area contributed by atoms with E-state index in [0.29, 0.717) is 0 Å². The molecule has 1 aromatic carbocycles. The van der Waals surface area contributed by atoms with Crippen LogP contribution in [0.3, 0.4) is 0 Å². The Hall–Kier alpha value is -1.03. The van der Waals surface area contributed by atoms with Crippen LogP contribution in [0.4, 0.5) is 0 Å². The van der Waals surface area contributed by atoms with Crippen molar-refractivity contribution in [2.24, 2.45) is 0 Å². The highest BCUT2D eigenvalue weighted by Gasteiger charge is 1.99. The smallest absolute Gasteiger partial charge is 0.119 e. The highest BCUT2D eigenvalue weighted by molar-refractivity contribution is 7.16. The Morgan fingerprint density at radius 3 is 2.52 bits per heavy atom. The lowest BCUT2D eigenvalue weighted by atomic mass is 10.2. The molecule has 0 spiro atoms. The first kappa shape index (κ1) is 16.3. The van der Waals surface area contributed by atoms with Crippen molar-refractivity contribution in [1.82, 2.24) is 5.32 Å². The number of ether oxygens (including phenoxy) is 1. The second kappa shape index (κ2) is 9.08. The Balaban J connectivity index is 1.69. The van der Waals surface area contributed by atoms with Crippen LogP contribution >= 0.6 is 22.9 Å². The topological polar surface area (TPSA) is 21.3 Å². The summed E-state index contributed by atoms with van der Waals surface area (Å²) in [6.45, 7) is 4.72. The van der Waals surface area contributed by atoms with Crippen LogP contribution in [0.5, 0.6) is 5.75 Å². The van der Waals surface area contributed by atoms with Crippen molar-refractivity contribution < 1.29 is 4.74 Å². The van der Waals surface area contributed by atoms with Crippen LogP contribution in [-0.4, -0.2) is 6.61 Å². The third-order valence-corrected chi connectivity index (χ3v) is 4.43. The largest absolute Gasteiger partial charge is 0.494 e. The molecule has 21 heavy (non-hydrogen) atoms. The highest BCUT2D eigenvalue weighted by Crippen LogP contribution is 2.21. The fourth-order valence-corrected chi connectivity index (χ4v) is 3.08. The zero-order chi connectivity index (χ0) is 14.9. The third kappa shape index (κ3) is 6.08. The molecule has 0 radical (unpaired) electrons. The van der Waals surface area contributed by atoms with Gasteiger partial charge in [-0.25, -0.2) is 0 Å². The molecule has 0 fully saturated rings. The van der Waals surface area contributed by atoms with Gasteiger partial charge in [-0.15, -0.1) is 11.3 Å². The van der Waals surface area contributed by atoms with Gasteiger partial charge in [0.2, 0.25) is 0 Å². The molecule has 0 aliphatic carbocycles. The van der Waals surface area contributed by atoms with E-state index in [-0.39, 0.29) is 0 Å². The molecule has 2 aromatic rings. The van der Waals surface area contributed by atoms with Crippen molar-refractivity contribution >= 4 is 22.9 Å². The van der Waals surface area contributed by atoms with Gasteiger partial charge >= 0.3 is 0 Å². The van der Waals surface area contributed by atoms with E-state index in [1.54, 1.807) is 11.3 Å². The molecule has 1 heterocycles. The molecule has 1 N–H and O–H groups in total. The van der Waals surface area contributed by atoms with Crippen molar-refractivity contribution in [3.63, 3.8) is 0 Å². The third-order valence-electron chi connectivity index (χ3n) is 3.20. The predicted molar refractivity (Wildman–Crippen MR) is 91.3 cm³/mol. The normalized spacial score (nSPS) is 10.8. The first-order chi connectivity index (χ1) is 10.3. The Labute approximate surface area is 136 Å². The molecule has 0 amide bonds. The van der Waals surface area contributed by atoms with Crippen molar-refractivity contribution in [1.29, 1.82) is 0 Å². The molecule has 0 saturated carbocycles. The summed E-state index contributed by atoms with van der Waals surface area (Å²) >= 11 is 7.53. The predicted octanol–water partition coefficient (Wildman–Crippen LogP) is 5.26. The summed E-state index contributed by atoms with van der Waals surface area (Å²) in [7, 11) is 0. The van der Waals surface area contributed by atoms with Crippen LogP contribution in [0.2, 0.25) is 4.34 Å². The van der Waals surface area contributed by atoms with Crippen LogP contribution in [0.15, 0.2) is 36.4 Å². The van der Waals surface area contributed by atoms with Crippen LogP contribution in [0.1, 0.15) is 36.6 Å². The van der Waals surface area contributed by atoms with Gasteiger partial charge in [0.15, 0.2) is 0 Å². The molecule has 114 valence electrons. The van der Waals surface area contributed by atoms with Gasteiger partial charge in [0, 0.05) is 18.0 Å². The number of hydrogen-bond acceptors (Lipinski definition) is 3. The van der Waals surface area contributed by atoms with Crippen molar-refractivity contribution in [3.05, 3.63) is 51.2 Å². The lowest BCUT2D eigenvalue weighted by Gasteiger charge is -2.07. The number of thiophene rings is 1. The fourth-order valence-electron chi connectivity index (χ4n) is 2.02.